The highest BCUT2D eigenvalue weighted by Gasteiger charge is 2.23. The summed E-state index contributed by atoms with van der Waals surface area (Å²) in [5, 5.41) is 15.8. The second-order valence-corrected chi connectivity index (χ2v) is 5.90. The van der Waals surface area contributed by atoms with Crippen molar-refractivity contribution in [3.05, 3.63) is 34.4 Å². The summed E-state index contributed by atoms with van der Waals surface area (Å²) >= 11 is 0. The number of rotatable bonds is 5. The van der Waals surface area contributed by atoms with E-state index in [4.69, 9.17) is 4.74 Å². The summed E-state index contributed by atoms with van der Waals surface area (Å²) in [7, 11) is 0. The highest BCUT2D eigenvalue weighted by molar-refractivity contribution is 5.95. The molecule has 0 unspecified atom stereocenters. The molecule has 0 spiro atoms. The van der Waals surface area contributed by atoms with Gasteiger partial charge < -0.3 is 10.1 Å². The third-order valence-electron chi connectivity index (χ3n) is 4.10. The summed E-state index contributed by atoms with van der Waals surface area (Å²) in [5.41, 5.74) is -0.231. The van der Waals surface area contributed by atoms with Crippen molar-refractivity contribution in [3.63, 3.8) is 0 Å². The van der Waals surface area contributed by atoms with Crippen LogP contribution in [0.5, 0.6) is 5.75 Å². The van der Waals surface area contributed by atoms with Crippen LogP contribution in [-0.4, -0.2) is 29.5 Å². The Kier molecular flexibility index (Phi) is 6.11. The Morgan fingerprint density at radius 2 is 2.00 bits per heavy atom. The van der Waals surface area contributed by atoms with Crippen molar-refractivity contribution in [1.29, 1.82) is 0 Å². The van der Waals surface area contributed by atoms with E-state index in [1.165, 1.54) is 18.2 Å². The van der Waals surface area contributed by atoms with Gasteiger partial charge in [0.25, 0.3) is 5.91 Å². The van der Waals surface area contributed by atoms with Crippen LogP contribution < -0.4 is 15.4 Å². The molecule has 0 saturated heterocycles. The van der Waals surface area contributed by atoms with E-state index in [1.807, 2.05) is 0 Å². The molecule has 8 nitrogen and oxygen atoms in total. The van der Waals surface area contributed by atoms with E-state index in [2.05, 4.69) is 17.6 Å². The minimum absolute atomic E-state index is 0.0149. The summed E-state index contributed by atoms with van der Waals surface area (Å²) < 4.78 is 5.14. The Hall–Kier alpha value is -2.64. The number of hydrogen-bond donors (Lipinski definition) is 2. The molecule has 0 heterocycles. The maximum absolute atomic E-state index is 11.8. The Balaban J connectivity index is 1.81. The quantitative estimate of drug-likeness (QED) is 0.634. The number of para-hydroxylation sites is 2. The van der Waals surface area contributed by atoms with Gasteiger partial charge >= 0.3 is 11.7 Å². The molecule has 1 aliphatic carbocycles. The topological polar surface area (TPSA) is 111 Å². The van der Waals surface area contributed by atoms with Gasteiger partial charge in [-0.15, -0.1) is 0 Å². The first kappa shape index (κ1) is 17.7. The van der Waals surface area contributed by atoms with E-state index >= 15 is 0 Å². The van der Waals surface area contributed by atoms with Crippen molar-refractivity contribution in [1.82, 2.24) is 10.6 Å². The van der Waals surface area contributed by atoms with Crippen LogP contribution in [0.4, 0.5) is 10.5 Å². The van der Waals surface area contributed by atoms with E-state index in [1.54, 1.807) is 6.07 Å². The molecule has 1 fully saturated rings. The molecule has 2 rings (SSSR count). The normalized spacial score (nSPS) is 20.0. The predicted molar refractivity (Wildman–Crippen MR) is 86.7 cm³/mol. The van der Waals surface area contributed by atoms with Crippen LogP contribution in [0.1, 0.15) is 32.6 Å². The predicted octanol–water partition coefficient (Wildman–Crippen LogP) is 2.38. The molecule has 2 atom stereocenters. The third-order valence-corrected chi connectivity index (χ3v) is 4.10. The van der Waals surface area contributed by atoms with E-state index in [9.17, 15) is 19.7 Å². The summed E-state index contributed by atoms with van der Waals surface area (Å²) in [4.78, 5) is 33.9. The van der Waals surface area contributed by atoms with Crippen molar-refractivity contribution >= 4 is 17.6 Å². The van der Waals surface area contributed by atoms with Crippen molar-refractivity contribution in [2.75, 3.05) is 6.61 Å². The molecular weight excluding hydrogens is 314 g/mol. The van der Waals surface area contributed by atoms with Crippen LogP contribution in [0, 0.1) is 16.0 Å². The van der Waals surface area contributed by atoms with Crippen LogP contribution in [0.15, 0.2) is 24.3 Å². The third kappa shape index (κ3) is 4.94. The zero-order chi connectivity index (χ0) is 17.5. The monoisotopic (exact) mass is 335 g/mol. The molecular formula is C16H21N3O5. The fourth-order valence-corrected chi connectivity index (χ4v) is 2.77. The van der Waals surface area contributed by atoms with Gasteiger partial charge in [-0.05, 0) is 24.8 Å². The smallest absolute Gasteiger partial charge is 0.321 e. The second-order valence-electron chi connectivity index (χ2n) is 5.90. The maximum atomic E-state index is 11.8. The van der Waals surface area contributed by atoms with Crippen molar-refractivity contribution in [2.45, 2.75) is 38.6 Å². The fourth-order valence-electron chi connectivity index (χ4n) is 2.77. The van der Waals surface area contributed by atoms with Crippen molar-refractivity contribution in [2.24, 2.45) is 5.92 Å². The SMILES string of the molecule is C[C@@H]1CCCC[C@H]1NC(=O)NC(=O)COc1ccccc1[N+](=O)[O-]. The minimum atomic E-state index is -0.658. The standard InChI is InChI=1S/C16H21N3O5/c1-11-6-2-3-7-12(11)17-16(21)18-15(20)10-24-14-9-5-4-8-13(14)19(22)23/h4-5,8-9,11-12H,2-3,6-7,10H2,1H3,(H2,17,18,20,21)/t11-,12-/m1/s1. The lowest BCUT2D eigenvalue weighted by Gasteiger charge is -2.29. The van der Waals surface area contributed by atoms with Gasteiger partial charge in [0.05, 0.1) is 4.92 Å². The number of nitro benzene ring substituents is 1. The van der Waals surface area contributed by atoms with Gasteiger partial charge in [-0.2, -0.15) is 0 Å². The Bertz CT molecular complexity index is 619. The number of nitrogens with zero attached hydrogens (tertiary/aromatic N) is 1. The lowest BCUT2D eigenvalue weighted by molar-refractivity contribution is -0.385. The molecule has 1 aliphatic rings. The number of hydrogen-bond acceptors (Lipinski definition) is 5. The molecule has 3 amide bonds. The van der Waals surface area contributed by atoms with E-state index in [0.717, 1.165) is 25.7 Å². The van der Waals surface area contributed by atoms with Crippen molar-refractivity contribution < 1.29 is 19.2 Å². The second kappa shape index (κ2) is 8.28. The molecule has 130 valence electrons. The molecule has 8 heteroatoms. The van der Waals surface area contributed by atoms with Crippen LogP contribution in [0.2, 0.25) is 0 Å². The lowest BCUT2D eigenvalue weighted by atomic mass is 9.86. The van der Waals surface area contributed by atoms with Gasteiger partial charge in [-0.1, -0.05) is 31.9 Å². The maximum Gasteiger partial charge on any atom is 0.321 e. The first-order valence-corrected chi connectivity index (χ1v) is 7.94. The highest BCUT2D eigenvalue weighted by atomic mass is 16.6. The first-order valence-electron chi connectivity index (χ1n) is 7.94. The molecule has 0 bridgehead atoms. The number of carbonyl (C=O) groups excluding carboxylic acids is 2. The van der Waals surface area contributed by atoms with Gasteiger partial charge in [-0.25, -0.2) is 4.79 Å². The van der Waals surface area contributed by atoms with Crippen LogP contribution in [0.25, 0.3) is 0 Å². The molecule has 0 aromatic heterocycles. The van der Waals surface area contributed by atoms with E-state index in [-0.39, 0.29) is 17.5 Å². The summed E-state index contributed by atoms with van der Waals surface area (Å²) in [5.74, 6) is -0.295. The van der Waals surface area contributed by atoms with Crippen molar-refractivity contribution in [3.8, 4) is 5.75 Å². The Morgan fingerprint density at radius 3 is 2.71 bits per heavy atom. The molecule has 1 aromatic rings. The van der Waals surface area contributed by atoms with E-state index < -0.39 is 23.5 Å². The molecule has 2 N–H and O–H groups in total. The fraction of sp³-hybridized carbons (Fsp3) is 0.500. The molecule has 0 aliphatic heterocycles. The number of carbonyl (C=O) groups is 2. The summed E-state index contributed by atoms with van der Waals surface area (Å²) in [6.45, 7) is 1.60. The molecule has 1 aromatic carbocycles. The average Bonchev–Trinajstić information content (AvgIpc) is 2.55. The first-order chi connectivity index (χ1) is 11.5. The summed E-state index contributed by atoms with van der Waals surface area (Å²) in [6, 6.07) is 5.24. The molecule has 24 heavy (non-hydrogen) atoms. The van der Waals surface area contributed by atoms with Gasteiger partial charge in [-0.3, -0.25) is 20.2 Å². The number of nitrogens with one attached hydrogen (secondary N) is 2. The van der Waals surface area contributed by atoms with Gasteiger partial charge in [0.2, 0.25) is 0 Å². The Morgan fingerprint density at radius 1 is 1.29 bits per heavy atom. The average molecular weight is 335 g/mol. The van der Waals surface area contributed by atoms with Crippen LogP contribution in [-0.2, 0) is 4.79 Å². The highest BCUT2D eigenvalue weighted by Crippen LogP contribution is 2.25. The molecule has 1 saturated carbocycles. The zero-order valence-electron chi connectivity index (χ0n) is 13.5. The minimum Gasteiger partial charge on any atom is -0.477 e. The number of imide groups is 1. The van der Waals surface area contributed by atoms with Crippen LogP contribution >= 0.6 is 0 Å². The Labute approximate surface area is 139 Å². The van der Waals surface area contributed by atoms with E-state index in [0.29, 0.717) is 5.92 Å². The number of urea groups is 1. The number of benzene rings is 1. The van der Waals surface area contributed by atoms with Gasteiger partial charge in [0.15, 0.2) is 12.4 Å². The largest absolute Gasteiger partial charge is 0.477 e. The number of ether oxygens (including phenoxy) is 1. The number of amides is 3. The lowest BCUT2D eigenvalue weighted by Crippen LogP contribution is -2.48. The van der Waals surface area contributed by atoms with Gasteiger partial charge in [0, 0.05) is 12.1 Å². The zero-order valence-corrected chi connectivity index (χ0v) is 13.5. The number of nitro groups is 1. The van der Waals surface area contributed by atoms with Crippen LogP contribution in [0.3, 0.4) is 0 Å². The summed E-state index contributed by atoms with van der Waals surface area (Å²) in [6.07, 6.45) is 4.17. The molecule has 0 radical (unpaired) electrons. The van der Waals surface area contributed by atoms with Gasteiger partial charge in [0.1, 0.15) is 0 Å².